The maximum atomic E-state index is 5.49. The molecule has 0 aliphatic heterocycles. The molecule has 1 unspecified atom stereocenters. The van der Waals surface area contributed by atoms with Crippen molar-refractivity contribution in [3.63, 3.8) is 0 Å². The molecule has 2 N–H and O–H groups in total. The fraction of sp³-hybridized carbons (Fsp3) is 0.440. The quantitative estimate of drug-likeness (QED) is 0.318. The summed E-state index contributed by atoms with van der Waals surface area (Å²) in [6.07, 6.45) is 6.32. The molecule has 0 saturated carbocycles. The first-order valence-electron chi connectivity index (χ1n) is 11.9. The normalized spacial score (nSPS) is 12.2. The third kappa shape index (κ3) is 4.92. The second-order valence-electron chi connectivity index (χ2n) is 8.82. The summed E-state index contributed by atoms with van der Waals surface area (Å²) >= 11 is 0. The number of imidazole rings is 1. The first-order valence-corrected chi connectivity index (χ1v) is 11.9. The molecular formula is C25H34N8O3. The van der Waals surface area contributed by atoms with Gasteiger partial charge in [0, 0.05) is 24.1 Å². The number of methoxy groups -OCH3 is 3. The van der Waals surface area contributed by atoms with Crippen LogP contribution in [-0.4, -0.2) is 64.2 Å². The van der Waals surface area contributed by atoms with Gasteiger partial charge in [-0.2, -0.15) is 5.10 Å². The van der Waals surface area contributed by atoms with Gasteiger partial charge in [-0.05, 0) is 33.9 Å². The maximum Gasteiger partial charge on any atom is 0.203 e. The minimum absolute atomic E-state index is 0.171. The molecule has 3 heterocycles. The summed E-state index contributed by atoms with van der Waals surface area (Å²) in [4.78, 5) is 14.3. The number of hydrogen-bond acceptors (Lipinski definition) is 9. The van der Waals surface area contributed by atoms with Gasteiger partial charge in [-0.3, -0.25) is 0 Å². The predicted octanol–water partition coefficient (Wildman–Crippen LogP) is 4.08. The highest BCUT2D eigenvalue weighted by molar-refractivity contribution is 5.88. The van der Waals surface area contributed by atoms with Gasteiger partial charge in [-0.1, -0.05) is 6.92 Å². The summed E-state index contributed by atoms with van der Waals surface area (Å²) < 4.78 is 20.2. The van der Waals surface area contributed by atoms with E-state index >= 15 is 0 Å². The molecule has 11 nitrogen and oxygen atoms in total. The van der Waals surface area contributed by atoms with Crippen LogP contribution in [0.2, 0.25) is 0 Å². The molecule has 0 spiro atoms. The van der Waals surface area contributed by atoms with Crippen molar-refractivity contribution in [1.82, 2.24) is 34.6 Å². The molecule has 4 aromatic rings. The molecule has 36 heavy (non-hydrogen) atoms. The Morgan fingerprint density at radius 3 is 2.33 bits per heavy atom. The Hall–Kier alpha value is -3.86. The molecular weight excluding hydrogens is 460 g/mol. The summed E-state index contributed by atoms with van der Waals surface area (Å²) in [5.41, 5.74) is 1.62. The number of nitrogens with zero attached hydrogens (tertiary/aromatic N) is 6. The topological polar surface area (TPSA) is 113 Å². The van der Waals surface area contributed by atoms with E-state index in [1.165, 1.54) is 0 Å². The van der Waals surface area contributed by atoms with Crippen LogP contribution >= 0.6 is 0 Å². The van der Waals surface area contributed by atoms with Gasteiger partial charge in [0.15, 0.2) is 17.1 Å². The first-order chi connectivity index (χ1) is 17.4. The fourth-order valence-electron chi connectivity index (χ4n) is 3.99. The number of nitrogens with one attached hydrogen (secondary N) is 2. The predicted molar refractivity (Wildman–Crippen MR) is 139 cm³/mol. The van der Waals surface area contributed by atoms with Gasteiger partial charge in [0.25, 0.3) is 0 Å². The van der Waals surface area contributed by atoms with E-state index in [0.29, 0.717) is 28.9 Å². The summed E-state index contributed by atoms with van der Waals surface area (Å²) in [5, 5.41) is 12.0. The second kappa shape index (κ2) is 10.8. The molecule has 0 fully saturated rings. The van der Waals surface area contributed by atoms with Crippen molar-refractivity contribution in [2.24, 2.45) is 0 Å². The van der Waals surface area contributed by atoms with E-state index < -0.39 is 0 Å². The second-order valence-corrected chi connectivity index (χ2v) is 8.82. The lowest BCUT2D eigenvalue weighted by Gasteiger charge is -2.14. The van der Waals surface area contributed by atoms with Crippen molar-refractivity contribution >= 4 is 22.7 Å². The zero-order chi connectivity index (χ0) is 25.8. The molecule has 0 aliphatic rings. The molecule has 4 rings (SSSR count). The van der Waals surface area contributed by atoms with Crippen molar-refractivity contribution in [2.75, 3.05) is 40.2 Å². The summed E-state index contributed by atoms with van der Waals surface area (Å²) in [6, 6.07) is 3.90. The van der Waals surface area contributed by atoms with E-state index in [-0.39, 0.29) is 12.0 Å². The van der Waals surface area contributed by atoms with Crippen molar-refractivity contribution in [1.29, 1.82) is 0 Å². The third-order valence-corrected chi connectivity index (χ3v) is 6.01. The van der Waals surface area contributed by atoms with Gasteiger partial charge in [0.2, 0.25) is 5.75 Å². The Morgan fingerprint density at radius 1 is 1.00 bits per heavy atom. The molecule has 11 heteroatoms. The molecule has 0 aliphatic carbocycles. The minimum Gasteiger partial charge on any atom is -0.493 e. The lowest BCUT2D eigenvalue weighted by Crippen LogP contribution is -2.13. The largest absolute Gasteiger partial charge is 0.493 e. The monoisotopic (exact) mass is 494 g/mol. The number of anilines is 2. The van der Waals surface area contributed by atoms with Crippen molar-refractivity contribution in [3.8, 4) is 22.9 Å². The van der Waals surface area contributed by atoms with Gasteiger partial charge in [-0.15, -0.1) is 0 Å². The number of ether oxygens (including phenoxy) is 3. The van der Waals surface area contributed by atoms with Crippen LogP contribution in [0.5, 0.6) is 17.2 Å². The van der Waals surface area contributed by atoms with Gasteiger partial charge in [0.1, 0.15) is 23.8 Å². The van der Waals surface area contributed by atoms with E-state index in [4.69, 9.17) is 24.2 Å². The summed E-state index contributed by atoms with van der Waals surface area (Å²) in [6.45, 7) is 7.20. The lowest BCUT2D eigenvalue weighted by molar-refractivity contribution is 0.324. The number of fused-ring (bicyclic) bond motifs is 1. The van der Waals surface area contributed by atoms with E-state index in [1.54, 1.807) is 33.9 Å². The summed E-state index contributed by atoms with van der Waals surface area (Å²) in [5.74, 6) is 3.92. The Kier molecular flexibility index (Phi) is 7.58. The number of aromatic nitrogens is 6. The molecule has 0 saturated heterocycles. The molecule has 3 aromatic heterocycles. The van der Waals surface area contributed by atoms with E-state index in [9.17, 15) is 0 Å². The van der Waals surface area contributed by atoms with E-state index in [1.807, 2.05) is 34.6 Å². The zero-order valence-corrected chi connectivity index (χ0v) is 21.9. The molecule has 192 valence electrons. The zero-order valence-electron chi connectivity index (χ0n) is 21.9. The van der Waals surface area contributed by atoms with Crippen LogP contribution in [0.4, 0.5) is 11.6 Å². The minimum atomic E-state index is 0.171. The van der Waals surface area contributed by atoms with Crippen LogP contribution in [-0.2, 0) is 0 Å². The SMILES string of the molecule is CNCCC(C)c1nc(Nc2cn(-c3cc(OC)c(OC)c(OC)c3)cn2)c2cnn(C(C)C)c2n1. The molecule has 1 atom stereocenters. The van der Waals surface area contributed by atoms with E-state index in [0.717, 1.165) is 35.5 Å². The van der Waals surface area contributed by atoms with Gasteiger partial charge in [-0.25, -0.2) is 19.6 Å². The van der Waals surface area contributed by atoms with Crippen molar-refractivity contribution < 1.29 is 14.2 Å². The summed E-state index contributed by atoms with van der Waals surface area (Å²) in [7, 11) is 6.71. The Balaban J connectivity index is 1.71. The Bertz CT molecular complexity index is 1310. The van der Waals surface area contributed by atoms with Crippen LogP contribution in [0.3, 0.4) is 0 Å². The Morgan fingerprint density at radius 2 is 1.72 bits per heavy atom. The smallest absolute Gasteiger partial charge is 0.203 e. The average Bonchev–Trinajstić information content (AvgIpc) is 3.53. The van der Waals surface area contributed by atoms with Crippen molar-refractivity contribution in [2.45, 2.75) is 39.2 Å². The van der Waals surface area contributed by atoms with E-state index in [2.05, 4.69) is 41.5 Å². The van der Waals surface area contributed by atoms with Crippen LogP contribution in [0.1, 0.15) is 45.0 Å². The number of hydrogen-bond donors (Lipinski definition) is 2. The molecule has 0 amide bonds. The standard InChI is InChI=1S/C25H34N8O3/c1-15(2)33-25-18(12-28-33)24(30-23(31-25)16(3)8-9-26-4)29-21-13-32(14-27-21)17-10-19(34-5)22(36-7)20(11-17)35-6/h10-16,26H,8-9H2,1-7H3,(H,29,30,31). The first kappa shape index (κ1) is 25.2. The van der Waals surface area contributed by atoms with Crippen molar-refractivity contribution in [3.05, 3.63) is 36.7 Å². The lowest BCUT2D eigenvalue weighted by atomic mass is 10.1. The number of rotatable bonds is 11. The Labute approximate surface area is 210 Å². The fourth-order valence-corrected chi connectivity index (χ4v) is 3.99. The van der Waals surface area contributed by atoms with Gasteiger partial charge < -0.3 is 29.4 Å². The molecule has 0 bridgehead atoms. The highest BCUT2D eigenvalue weighted by atomic mass is 16.5. The maximum absolute atomic E-state index is 5.49. The molecule has 0 radical (unpaired) electrons. The highest BCUT2D eigenvalue weighted by Gasteiger charge is 2.19. The van der Waals surface area contributed by atoms with Gasteiger partial charge in [0.05, 0.1) is 44.8 Å². The van der Waals surface area contributed by atoms with Crippen LogP contribution in [0.15, 0.2) is 30.9 Å². The molecule has 1 aromatic carbocycles. The van der Waals surface area contributed by atoms with Crippen LogP contribution in [0.25, 0.3) is 16.7 Å². The van der Waals surface area contributed by atoms with Crippen LogP contribution in [0, 0.1) is 0 Å². The highest BCUT2D eigenvalue weighted by Crippen LogP contribution is 2.39. The third-order valence-electron chi connectivity index (χ3n) is 6.01. The van der Waals surface area contributed by atoms with Gasteiger partial charge >= 0.3 is 0 Å². The average molecular weight is 495 g/mol. The van der Waals surface area contributed by atoms with Crippen LogP contribution < -0.4 is 24.8 Å². The number of benzene rings is 1.